The zero-order chi connectivity index (χ0) is 12.1. The van der Waals surface area contributed by atoms with Crippen molar-refractivity contribution in [1.29, 1.82) is 0 Å². The van der Waals surface area contributed by atoms with Crippen LogP contribution in [0.1, 0.15) is 46.0 Å². The highest BCUT2D eigenvalue weighted by atomic mass is 15.2. The molecule has 98 valence electrons. The van der Waals surface area contributed by atoms with Gasteiger partial charge in [-0.15, -0.1) is 0 Å². The van der Waals surface area contributed by atoms with Crippen LogP contribution in [0.15, 0.2) is 12.2 Å². The molecule has 2 nitrogen and oxygen atoms in total. The van der Waals surface area contributed by atoms with Gasteiger partial charge in [0, 0.05) is 18.6 Å². The van der Waals surface area contributed by atoms with Gasteiger partial charge in [0.2, 0.25) is 0 Å². The minimum Gasteiger partial charge on any atom is -0.317 e. The molecule has 0 aromatic carbocycles. The summed E-state index contributed by atoms with van der Waals surface area (Å²) in [6, 6.07) is 1.39. The molecule has 0 aromatic rings. The molecule has 1 saturated heterocycles. The summed E-state index contributed by atoms with van der Waals surface area (Å²) in [5.41, 5.74) is 0. The van der Waals surface area contributed by atoms with E-state index >= 15 is 0 Å². The van der Waals surface area contributed by atoms with E-state index in [2.05, 4.69) is 36.2 Å². The SMILES string of the molecule is CC(C)N(CC1CCNCC1)C1C=CCCC1. The third-order valence-corrected chi connectivity index (χ3v) is 4.25. The standard InChI is InChI=1S/C15H28N2/c1-13(2)17(15-6-4-3-5-7-15)12-14-8-10-16-11-9-14/h4,6,13-16H,3,5,7-12H2,1-2H3. The van der Waals surface area contributed by atoms with Gasteiger partial charge in [-0.3, -0.25) is 4.90 Å². The van der Waals surface area contributed by atoms with Gasteiger partial charge in [-0.1, -0.05) is 12.2 Å². The van der Waals surface area contributed by atoms with Crippen molar-refractivity contribution < 1.29 is 0 Å². The van der Waals surface area contributed by atoms with E-state index < -0.39 is 0 Å². The van der Waals surface area contributed by atoms with E-state index in [-0.39, 0.29) is 0 Å². The molecular formula is C15H28N2. The van der Waals surface area contributed by atoms with Gasteiger partial charge < -0.3 is 5.32 Å². The number of nitrogens with zero attached hydrogens (tertiary/aromatic N) is 1. The normalized spacial score (nSPS) is 26.9. The van der Waals surface area contributed by atoms with Crippen LogP contribution in [0.2, 0.25) is 0 Å². The molecule has 0 amide bonds. The lowest BCUT2D eigenvalue weighted by Crippen LogP contribution is -2.45. The van der Waals surface area contributed by atoms with Gasteiger partial charge in [0.1, 0.15) is 0 Å². The van der Waals surface area contributed by atoms with Crippen molar-refractivity contribution >= 4 is 0 Å². The number of rotatable bonds is 4. The smallest absolute Gasteiger partial charge is 0.0281 e. The second-order valence-electron chi connectivity index (χ2n) is 5.91. The Labute approximate surface area is 106 Å². The molecule has 0 aromatic heterocycles. The van der Waals surface area contributed by atoms with E-state index in [9.17, 15) is 0 Å². The van der Waals surface area contributed by atoms with Gasteiger partial charge in [-0.2, -0.15) is 0 Å². The molecule has 0 spiro atoms. The van der Waals surface area contributed by atoms with Crippen molar-refractivity contribution in [1.82, 2.24) is 10.2 Å². The number of piperidine rings is 1. The summed E-state index contributed by atoms with van der Waals surface area (Å²) < 4.78 is 0. The molecule has 2 rings (SSSR count). The summed E-state index contributed by atoms with van der Waals surface area (Å²) in [5, 5.41) is 3.46. The number of hydrogen-bond acceptors (Lipinski definition) is 2. The quantitative estimate of drug-likeness (QED) is 0.755. The number of allylic oxidation sites excluding steroid dienone is 1. The highest BCUT2D eigenvalue weighted by molar-refractivity contribution is 4.99. The molecule has 1 atom stereocenters. The molecule has 17 heavy (non-hydrogen) atoms. The Morgan fingerprint density at radius 3 is 2.59 bits per heavy atom. The van der Waals surface area contributed by atoms with Crippen molar-refractivity contribution in [2.75, 3.05) is 19.6 Å². The number of hydrogen-bond donors (Lipinski definition) is 1. The predicted octanol–water partition coefficient (Wildman–Crippen LogP) is 2.81. The maximum Gasteiger partial charge on any atom is 0.0281 e. The predicted molar refractivity (Wildman–Crippen MR) is 74.2 cm³/mol. The highest BCUT2D eigenvalue weighted by Gasteiger charge is 2.24. The van der Waals surface area contributed by atoms with Crippen molar-refractivity contribution in [2.24, 2.45) is 5.92 Å². The van der Waals surface area contributed by atoms with Gasteiger partial charge in [-0.05, 0) is 65.0 Å². The topological polar surface area (TPSA) is 15.3 Å². The maximum absolute atomic E-state index is 3.46. The Hall–Kier alpha value is -0.340. The summed E-state index contributed by atoms with van der Waals surface area (Å²) in [7, 11) is 0. The fourth-order valence-corrected chi connectivity index (χ4v) is 3.16. The molecule has 0 radical (unpaired) electrons. The van der Waals surface area contributed by atoms with Crippen LogP contribution in [-0.4, -0.2) is 36.6 Å². The van der Waals surface area contributed by atoms with Gasteiger partial charge in [-0.25, -0.2) is 0 Å². The average Bonchev–Trinajstić information content (AvgIpc) is 2.38. The van der Waals surface area contributed by atoms with E-state index in [0.717, 1.165) is 5.92 Å². The largest absolute Gasteiger partial charge is 0.317 e. The second-order valence-corrected chi connectivity index (χ2v) is 5.91. The molecule has 0 saturated carbocycles. The summed E-state index contributed by atoms with van der Waals surface area (Å²) in [6.45, 7) is 8.44. The summed E-state index contributed by atoms with van der Waals surface area (Å²) in [6.07, 6.45) is 11.6. The molecule has 0 bridgehead atoms. The van der Waals surface area contributed by atoms with Crippen molar-refractivity contribution in [3.05, 3.63) is 12.2 Å². The first-order chi connectivity index (χ1) is 8.27. The lowest BCUT2D eigenvalue weighted by Gasteiger charge is -2.38. The zero-order valence-corrected chi connectivity index (χ0v) is 11.5. The van der Waals surface area contributed by atoms with Gasteiger partial charge in [0.25, 0.3) is 0 Å². The lowest BCUT2D eigenvalue weighted by atomic mass is 9.94. The van der Waals surface area contributed by atoms with E-state index in [1.807, 2.05) is 0 Å². The minimum absolute atomic E-state index is 0.678. The van der Waals surface area contributed by atoms with Gasteiger partial charge in [0.15, 0.2) is 0 Å². The first-order valence-corrected chi connectivity index (χ1v) is 7.40. The molecule has 1 unspecified atom stereocenters. The number of nitrogens with one attached hydrogen (secondary N) is 1. The fourth-order valence-electron chi connectivity index (χ4n) is 3.16. The van der Waals surface area contributed by atoms with Crippen LogP contribution in [0.5, 0.6) is 0 Å². The molecule has 2 heteroatoms. The zero-order valence-electron chi connectivity index (χ0n) is 11.5. The van der Waals surface area contributed by atoms with Crippen LogP contribution in [-0.2, 0) is 0 Å². The summed E-state index contributed by atoms with van der Waals surface area (Å²) in [5.74, 6) is 0.911. The molecular weight excluding hydrogens is 208 g/mol. The first-order valence-electron chi connectivity index (χ1n) is 7.40. The highest BCUT2D eigenvalue weighted by Crippen LogP contribution is 2.22. The second kappa shape index (κ2) is 6.55. The van der Waals surface area contributed by atoms with Crippen LogP contribution < -0.4 is 5.32 Å². The van der Waals surface area contributed by atoms with Crippen LogP contribution in [0.3, 0.4) is 0 Å². The van der Waals surface area contributed by atoms with Crippen LogP contribution in [0.25, 0.3) is 0 Å². The lowest BCUT2D eigenvalue weighted by molar-refractivity contribution is 0.130. The van der Waals surface area contributed by atoms with Crippen LogP contribution in [0, 0.1) is 5.92 Å². The molecule has 1 heterocycles. The Morgan fingerprint density at radius 2 is 2.00 bits per heavy atom. The first kappa shape index (κ1) is 13.1. The molecule has 1 fully saturated rings. The van der Waals surface area contributed by atoms with E-state index in [1.165, 1.54) is 51.7 Å². The molecule has 1 N–H and O–H groups in total. The fraction of sp³-hybridized carbons (Fsp3) is 0.867. The third-order valence-electron chi connectivity index (χ3n) is 4.25. The third kappa shape index (κ3) is 3.82. The maximum atomic E-state index is 3.46. The monoisotopic (exact) mass is 236 g/mol. The van der Waals surface area contributed by atoms with E-state index in [0.29, 0.717) is 12.1 Å². The Balaban J connectivity index is 1.91. The van der Waals surface area contributed by atoms with E-state index in [1.54, 1.807) is 0 Å². The molecule has 1 aliphatic heterocycles. The van der Waals surface area contributed by atoms with Crippen molar-refractivity contribution in [3.8, 4) is 0 Å². The van der Waals surface area contributed by atoms with Crippen molar-refractivity contribution in [3.63, 3.8) is 0 Å². The Morgan fingerprint density at radius 1 is 1.24 bits per heavy atom. The minimum atomic E-state index is 0.678. The Kier molecular flexibility index (Phi) is 5.05. The average molecular weight is 236 g/mol. The van der Waals surface area contributed by atoms with Gasteiger partial charge >= 0.3 is 0 Å². The summed E-state index contributed by atoms with van der Waals surface area (Å²) >= 11 is 0. The van der Waals surface area contributed by atoms with Gasteiger partial charge in [0.05, 0.1) is 0 Å². The Bertz CT molecular complexity index is 241. The van der Waals surface area contributed by atoms with Crippen LogP contribution in [0.4, 0.5) is 0 Å². The van der Waals surface area contributed by atoms with Crippen molar-refractivity contribution in [2.45, 2.75) is 58.0 Å². The van der Waals surface area contributed by atoms with Crippen LogP contribution >= 0.6 is 0 Å². The molecule has 1 aliphatic carbocycles. The molecule has 2 aliphatic rings. The van der Waals surface area contributed by atoms with E-state index in [4.69, 9.17) is 0 Å². The summed E-state index contributed by atoms with van der Waals surface area (Å²) in [4.78, 5) is 2.73.